The zero-order valence-electron chi connectivity index (χ0n) is 11.5. The van der Waals surface area contributed by atoms with Crippen molar-refractivity contribution < 1.29 is 0 Å². The van der Waals surface area contributed by atoms with E-state index in [1.165, 1.54) is 11.3 Å². The molecule has 102 valence electrons. The van der Waals surface area contributed by atoms with E-state index in [0.717, 1.165) is 28.9 Å². The summed E-state index contributed by atoms with van der Waals surface area (Å²) in [6, 6.07) is 8.00. The van der Waals surface area contributed by atoms with Crippen LogP contribution in [0.5, 0.6) is 0 Å². The zero-order valence-corrected chi connectivity index (χ0v) is 13.1. The van der Waals surface area contributed by atoms with Crippen molar-refractivity contribution in [1.29, 1.82) is 0 Å². The van der Waals surface area contributed by atoms with Gasteiger partial charge in [-0.15, -0.1) is 0 Å². The highest BCUT2D eigenvalue weighted by atomic mass is 79.9. The molecule has 0 bridgehead atoms. The molecule has 1 aromatic carbocycles. The molecular formula is C14H19BrN4. The molecule has 0 aliphatic rings. The number of nitrogen functional groups attached to an aromatic ring is 1. The second kappa shape index (κ2) is 5.75. The van der Waals surface area contributed by atoms with Crippen LogP contribution >= 0.6 is 15.9 Å². The van der Waals surface area contributed by atoms with Crippen LogP contribution in [0.25, 0.3) is 0 Å². The lowest BCUT2D eigenvalue weighted by Crippen LogP contribution is -2.19. The summed E-state index contributed by atoms with van der Waals surface area (Å²) in [5, 5.41) is 4.41. The molecule has 0 saturated carbocycles. The monoisotopic (exact) mass is 322 g/mol. The molecule has 0 aliphatic heterocycles. The van der Waals surface area contributed by atoms with Gasteiger partial charge in [0.15, 0.2) is 0 Å². The number of hydrogen-bond donors (Lipinski definition) is 1. The van der Waals surface area contributed by atoms with Gasteiger partial charge in [0.25, 0.3) is 0 Å². The van der Waals surface area contributed by atoms with Crippen LogP contribution in [0.3, 0.4) is 0 Å². The van der Waals surface area contributed by atoms with Gasteiger partial charge in [-0.1, -0.05) is 12.1 Å². The topological polar surface area (TPSA) is 47.1 Å². The van der Waals surface area contributed by atoms with Crippen molar-refractivity contribution in [3.63, 3.8) is 0 Å². The number of anilines is 1. The molecule has 2 rings (SSSR count). The fraction of sp³-hybridized carbons (Fsp3) is 0.357. The maximum absolute atomic E-state index is 5.80. The van der Waals surface area contributed by atoms with Gasteiger partial charge >= 0.3 is 0 Å². The van der Waals surface area contributed by atoms with E-state index in [2.05, 4.69) is 39.0 Å². The number of rotatable bonds is 4. The Labute approximate surface area is 122 Å². The van der Waals surface area contributed by atoms with E-state index >= 15 is 0 Å². The first-order valence-electron chi connectivity index (χ1n) is 6.18. The van der Waals surface area contributed by atoms with Crippen LogP contribution in [-0.2, 0) is 20.1 Å². The first-order valence-corrected chi connectivity index (χ1v) is 6.97. The van der Waals surface area contributed by atoms with Crippen molar-refractivity contribution in [2.45, 2.75) is 20.0 Å². The molecule has 0 spiro atoms. The Morgan fingerprint density at radius 1 is 1.37 bits per heavy atom. The number of aromatic nitrogens is 2. The summed E-state index contributed by atoms with van der Waals surface area (Å²) in [7, 11) is 4.07. The predicted molar refractivity (Wildman–Crippen MR) is 81.7 cm³/mol. The Bertz CT molecular complexity index is 577. The second-order valence-corrected chi connectivity index (χ2v) is 5.68. The lowest BCUT2D eigenvalue weighted by molar-refractivity contribution is 0.309. The van der Waals surface area contributed by atoms with Crippen molar-refractivity contribution >= 4 is 21.6 Å². The van der Waals surface area contributed by atoms with Crippen molar-refractivity contribution in [2.75, 3.05) is 12.8 Å². The van der Waals surface area contributed by atoms with E-state index in [-0.39, 0.29) is 0 Å². The predicted octanol–water partition coefficient (Wildman–Crippen LogP) is 2.71. The molecule has 0 aliphatic carbocycles. The fourth-order valence-electron chi connectivity index (χ4n) is 2.17. The maximum Gasteiger partial charge on any atom is 0.0739 e. The van der Waals surface area contributed by atoms with Gasteiger partial charge in [-0.05, 0) is 47.6 Å². The lowest BCUT2D eigenvalue weighted by atomic mass is 10.2. The van der Waals surface area contributed by atoms with Gasteiger partial charge in [0.05, 0.1) is 15.9 Å². The molecule has 0 saturated heterocycles. The van der Waals surface area contributed by atoms with E-state index in [9.17, 15) is 0 Å². The van der Waals surface area contributed by atoms with Gasteiger partial charge in [-0.2, -0.15) is 5.10 Å². The number of hydrogen-bond acceptors (Lipinski definition) is 3. The van der Waals surface area contributed by atoms with E-state index < -0.39 is 0 Å². The summed E-state index contributed by atoms with van der Waals surface area (Å²) >= 11 is 3.60. The summed E-state index contributed by atoms with van der Waals surface area (Å²) in [5.41, 5.74) is 10.0. The number of nitrogens with zero attached hydrogens (tertiary/aromatic N) is 3. The zero-order chi connectivity index (χ0) is 14.0. The molecule has 0 radical (unpaired) electrons. The van der Waals surface area contributed by atoms with Crippen molar-refractivity contribution in [1.82, 2.24) is 14.7 Å². The minimum atomic E-state index is 0.809. The third-order valence-electron chi connectivity index (χ3n) is 3.08. The van der Waals surface area contributed by atoms with Crippen molar-refractivity contribution in [2.24, 2.45) is 7.05 Å². The molecule has 0 fully saturated rings. The molecule has 2 N–H and O–H groups in total. The molecule has 0 amide bonds. The van der Waals surface area contributed by atoms with Crippen LogP contribution < -0.4 is 5.73 Å². The molecular weight excluding hydrogens is 304 g/mol. The Kier molecular flexibility index (Phi) is 4.27. The van der Waals surface area contributed by atoms with Gasteiger partial charge in [0, 0.05) is 25.8 Å². The number of halogens is 1. The van der Waals surface area contributed by atoms with Gasteiger partial charge in [-0.3, -0.25) is 9.58 Å². The molecule has 19 heavy (non-hydrogen) atoms. The average Bonchev–Trinajstić information content (AvgIpc) is 2.56. The SMILES string of the molecule is Cc1nn(C)c(CN(C)Cc2cccc(N)c2)c1Br. The Morgan fingerprint density at radius 2 is 2.11 bits per heavy atom. The van der Waals surface area contributed by atoms with E-state index in [0.29, 0.717) is 0 Å². The summed E-state index contributed by atoms with van der Waals surface area (Å²) in [6.07, 6.45) is 0. The first-order chi connectivity index (χ1) is 8.97. The van der Waals surface area contributed by atoms with Crippen LogP contribution in [0.2, 0.25) is 0 Å². The summed E-state index contributed by atoms with van der Waals surface area (Å²) in [6.45, 7) is 3.71. The van der Waals surface area contributed by atoms with Crippen LogP contribution in [-0.4, -0.2) is 21.7 Å². The van der Waals surface area contributed by atoms with Crippen LogP contribution in [0.4, 0.5) is 5.69 Å². The summed E-state index contributed by atoms with van der Waals surface area (Å²) < 4.78 is 3.02. The lowest BCUT2D eigenvalue weighted by Gasteiger charge is -2.17. The quantitative estimate of drug-likeness (QED) is 0.880. The van der Waals surface area contributed by atoms with Gasteiger partial charge in [0.2, 0.25) is 0 Å². The maximum atomic E-state index is 5.80. The Hall–Kier alpha value is -1.33. The number of aryl methyl sites for hydroxylation is 2. The largest absolute Gasteiger partial charge is 0.399 e. The molecule has 4 nitrogen and oxygen atoms in total. The Balaban J connectivity index is 2.07. The fourth-order valence-corrected chi connectivity index (χ4v) is 2.63. The third-order valence-corrected chi connectivity index (χ3v) is 4.12. The van der Waals surface area contributed by atoms with E-state index in [1.807, 2.05) is 36.9 Å². The molecule has 1 aromatic heterocycles. The summed E-state index contributed by atoms with van der Waals surface area (Å²) in [4.78, 5) is 2.25. The van der Waals surface area contributed by atoms with Gasteiger partial charge in [-0.25, -0.2) is 0 Å². The highest BCUT2D eigenvalue weighted by Gasteiger charge is 2.12. The highest BCUT2D eigenvalue weighted by Crippen LogP contribution is 2.22. The van der Waals surface area contributed by atoms with Gasteiger partial charge < -0.3 is 5.73 Å². The van der Waals surface area contributed by atoms with Crippen LogP contribution in [0, 0.1) is 6.92 Å². The molecule has 2 aromatic rings. The van der Waals surface area contributed by atoms with Gasteiger partial charge in [0.1, 0.15) is 0 Å². The normalized spacial score (nSPS) is 11.2. The molecule has 0 unspecified atom stereocenters. The number of nitrogens with two attached hydrogens (primary N) is 1. The van der Waals surface area contributed by atoms with E-state index in [4.69, 9.17) is 5.73 Å². The molecule has 1 heterocycles. The van der Waals surface area contributed by atoms with Crippen LogP contribution in [0.1, 0.15) is 17.0 Å². The minimum Gasteiger partial charge on any atom is -0.399 e. The molecule has 0 atom stereocenters. The smallest absolute Gasteiger partial charge is 0.0739 e. The minimum absolute atomic E-state index is 0.809. The van der Waals surface area contributed by atoms with E-state index in [1.54, 1.807) is 0 Å². The standard InChI is InChI=1S/C14H19BrN4/c1-10-14(15)13(19(3)17-10)9-18(2)8-11-5-4-6-12(16)7-11/h4-7H,8-9,16H2,1-3H3. The average molecular weight is 323 g/mol. The summed E-state index contributed by atoms with van der Waals surface area (Å²) in [5.74, 6) is 0. The molecule has 5 heteroatoms. The highest BCUT2D eigenvalue weighted by molar-refractivity contribution is 9.10. The number of benzene rings is 1. The first kappa shape index (κ1) is 14.1. The second-order valence-electron chi connectivity index (χ2n) is 4.89. The van der Waals surface area contributed by atoms with Crippen molar-refractivity contribution in [3.8, 4) is 0 Å². The van der Waals surface area contributed by atoms with Crippen molar-refractivity contribution in [3.05, 3.63) is 45.7 Å². The van der Waals surface area contributed by atoms with Crippen LogP contribution in [0.15, 0.2) is 28.7 Å². The third kappa shape index (κ3) is 3.36. The Morgan fingerprint density at radius 3 is 2.68 bits per heavy atom.